The number of carbonyl (C=O) groups is 3. The summed E-state index contributed by atoms with van der Waals surface area (Å²) in [5.41, 5.74) is -0.514. The van der Waals surface area contributed by atoms with Crippen LogP contribution < -0.4 is 4.90 Å². The molecule has 10 heteroatoms. The van der Waals surface area contributed by atoms with Gasteiger partial charge in [0, 0.05) is 37.9 Å². The maximum Gasteiger partial charge on any atom is 0.339 e. The Morgan fingerprint density at radius 1 is 1.23 bits per heavy atom. The van der Waals surface area contributed by atoms with E-state index in [0.717, 1.165) is 18.9 Å². The largest absolute Gasteiger partial charge is 0.478 e. The van der Waals surface area contributed by atoms with Gasteiger partial charge in [0.1, 0.15) is 17.2 Å². The van der Waals surface area contributed by atoms with Crippen molar-refractivity contribution in [2.24, 2.45) is 5.92 Å². The van der Waals surface area contributed by atoms with E-state index in [1.165, 1.54) is 17.2 Å². The Hall–Kier alpha value is -3.20. The summed E-state index contributed by atoms with van der Waals surface area (Å²) in [6, 6.07) is 5.48. The monoisotopic (exact) mass is 504 g/mol. The minimum Gasteiger partial charge on any atom is -0.478 e. The second-order valence-corrected chi connectivity index (χ2v) is 9.55. The van der Waals surface area contributed by atoms with Crippen LogP contribution in [0, 0.1) is 11.7 Å². The molecule has 0 unspecified atom stereocenters. The summed E-state index contributed by atoms with van der Waals surface area (Å²) in [6.45, 7) is 6.11. The second-order valence-electron chi connectivity index (χ2n) is 9.11. The standard InChI is InChI=1S/C25H30ClFN4O4/c1-16(2)6-4-9-29(3)23(32)17-7-8-21(28-14-17)30-10-5-11-31(15-30)24(33)19-12-18(26)13-20(27)22(19)25(34)35/h7-8,12-14,16H,4-6,9-11,15H2,1-3H3,(H,34,35). The summed E-state index contributed by atoms with van der Waals surface area (Å²) >= 11 is 5.88. The lowest BCUT2D eigenvalue weighted by atomic mass is 10.0. The van der Waals surface area contributed by atoms with Crippen LogP contribution in [-0.2, 0) is 0 Å². The van der Waals surface area contributed by atoms with Crippen LogP contribution in [0.4, 0.5) is 10.2 Å². The molecule has 3 rings (SSSR count). The van der Waals surface area contributed by atoms with Crippen LogP contribution in [0.1, 0.15) is 64.2 Å². The molecule has 2 amide bonds. The van der Waals surface area contributed by atoms with Crippen molar-refractivity contribution in [2.75, 3.05) is 38.3 Å². The Bertz CT molecular complexity index is 1090. The zero-order chi connectivity index (χ0) is 25.7. The zero-order valence-corrected chi connectivity index (χ0v) is 20.9. The van der Waals surface area contributed by atoms with Crippen LogP contribution in [0.5, 0.6) is 0 Å². The number of pyridine rings is 1. The number of hydrogen-bond acceptors (Lipinski definition) is 5. The Kier molecular flexibility index (Phi) is 8.67. The Labute approximate surface area is 209 Å². The number of carboxylic acid groups (broad SMARTS) is 1. The van der Waals surface area contributed by atoms with E-state index in [-0.39, 0.29) is 23.2 Å². The third-order valence-electron chi connectivity index (χ3n) is 5.92. The minimum absolute atomic E-state index is 0.0548. The first-order valence-corrected chi connectivity index (χ1v) is 11.9. The summed E-state index contributed by atoms with van der Waals surface area (Å²) in [7, 11) is 1.77. The molecule has 0 atom stereocenters. The van der Waals surface area contributed by atoms with Crippen LogP contribution in [-0.4, -0.2) is 71.0 Å². The van der Waals surface area contributed by atoms with Crippen molar-refractivity contribution in [2.45, 2.75) is 33.1 Å². The molecular formula is C25H30ClFN4O4. The third-order valence-corrected chi connectivity index (χ3v) is 6.14. The van der Waals surface area contributed by atoms with Crippen molar-refractivity contribution in [3.05, 3.63) is 58.0 Å². The molecule has 1 aliphatic rings. The summed E-state index contributed by atoms with van der Waals surface area (Å²) < 4.78 is 14.2. The highest BCUT2D eigenvalue weighted by atomic mass is 35.5. The van der Waals surface area contributed by atoms with Crippen molar-refractivity contribution < 1.29 is 23.9 Å². The van der Waals surface area contributed by atoms with E-state index in [2.05, 4.69) is 18.8 Å². The molecule has 0 saturated carbocycles. The van der Waals surface area contributed by atoms with Crippen LogP contribution in [0.15, 0.2) is 30.5 Å². The molecular weight excluding hydrogens is 475 g/mol. The average molecular weight is 505 g/mol. The fraction of sp³-hybridized carbons (Fsp3) is 0.440. The molecule has 0 spiro atoms. The number of hydrogen-bond donors (Lipinski definition) is 1. The average Bonchev–Trinajstić information content (AvgIpc) is 2.82. The number of nitrogens with zero attached hydrogens (tertiary/aromatic N) is 4. The molecule has 1 aromatic heterocycles. The van der Waals surface area contributed by atoms with E-state index < -0.39 is 23.3 Å². The molecule has 188 valence electrons. The van der Waals surface area contributed by atoms with Crippen LogP contribution in [0.3, 0.4) is 0 Å². The predicted octanol–water partition coefficient (Wildman–Crippen LogP) is 4.39. The number of rotatable bonds is 8. The molecule has 35 heavy (non-hydrogen) atoms. The first kappa shape index (κ1) is 26.4. The number of carboxylic acids is 1. The molecule has 8 nitrogen and oxygen atoms in total. The molecule has 0 aliphatic carbocycles. The maximum atomic E-state index is 14.2. The molecule has 1 N–H and O–H groups in total. The van der Waals surface area contributed by atoms with Gasteiger partial charge >= 0.3 is 5.97 Å². The molecule has 1 saturated heterocycles. The van der Waals surface area contributed by atoms with Gasteiger partial charge < -0.3 is 19.8 Å². The van der Waals surface area contributed by atoms with E-state index in [4.69, 9.17) is 11.6 Å². The van der Waals surface area contributed by atoms with Crippen molar-refractivity contribution in [1.29, 1.82) is 0 Å². The highest BCUT2D eigenvalue weighted by Gasteiger charge is 2.29. The molecule has 2 aromatic rings. The van der Waals surface area contributed by atoms with Gasteiger partial charge in [0.25, 0.3) is 11.8 Å². The normalized spacial score (nSPS) is 13.8. The van der Waals surface area contributed by atoms with Gasteiger partial charge in [-0.3, -0.25) is 9.59 Å². The fourth-order valence-electron chi connectivity index (χ4n) is 4.04. The SMILES string of the molecule is CC(C)CCCN(C)C(=O)c1ccc(N2CCCN(C(=O)c3cc(Cl)cc(F)c3C(=O)O)C2)nc1. The first-order valence-electron chi connectivity index (χ1n) is 11.6. The summed E-state index contributed by atoms with van der Waals surface area (Å²) in [4.78, 5) is 46.7. The number of aromatic carboxylic acids is 1. The number of amides is 2. The summed E-state index contributed by atoms with van der Waals surface area (Å²) in [5, 5.41) is 9.34. The van der Waals surface area contributed by atoms with E-state index in [1.54, 1.807) is 24.1 Å². The molecule has 1 fully saturated rings. The number of halogens is 2. The van der Waals surface area contributed by atoms with E-state index in [0.29, 0.717) is 43.4 Å². The van der Waals surface area contributed by atoms with Crippen LogP contribution in [0.2, 0.25) is 5.02 Å². The van der Waals surface area contributed by atoms with Gasteiger partial charge in [0.2, 0.25) is 0 Å². The van der Waals surface area contributed by atoms with E-state index in [9.17, 15) is 23.9 Å². The highest BCUT2D eigenvalue weighted by molar-refractivity contribution is 6.31. The number of benzene rings is 1. The van der Waals surface area contributed by atoms with E-state index >= 15 is 0 Å². The number of carbonyl (C=O) groups excluding carboxylic acids is 2. The summed E-state index contributed by atoms with van der Waals surface area (Å²) in [6.07, 6.45) is 4.11. The summed E-state index contributed by atoms with van der Waals surface area (Å²) in [5.74, 6) is -2.15. The second kappa shape index (κ2) is 11.5. The topological polar surface area (TPSA) is 94.1 Å². The van der Waals surface area contributed by atoms with Crippen molar-refractivity contribution in [3.8, 4) is 0 Å². The van der Waals surface area contributed by atoms with Gasteiger partial charge in [-0.1, -0.05) is 25.4 Å². The van der Waals surface area contributed by atoms with Gasteiger partial charge in [0.05, 0.1) is 17.8 Å². The van der Waals surface area contributed by atoms with E-state index in [1.807, 2.05) is 4.90 Å². The predicted molar refractivity (Wildman–Crippen MR) is 132 cm³/mol. The molecule has 1 aromatic carbocycles. The van der Waals surface area contributed by atoms with Gasteiger partial charge in [-0.15, -0.1) is 0 Å². The Balaban J connectivity index is 1.70. The minimum atomic E-state index is -1.53. The lowest BCUT2D eigenvalue weighted by Crippen LogP contribution is -2.48. The quantitative estimate of drug-likeness (QED) is 0.573. The maximum absolute atomic E-state index is 14.2. The van der Waals surface area contributed by atoms with Crippen molar-refractivity contribution in [1.82, 2.24) is 14.8 Å². The van der Waals surface area contributed by atoms with Crippen LogP contribution >= 0.6 is 11.6 Å². The Morgan fingerprint density at radius 2 is 1.97 bits per heavy atom. The van der Waals surface area contributed by atoms with Gasteiger partial charge in [-0.2, -0.15) is 0 Å². The Morgan fingerprint density at radius 3 is 2.60 bits per heavy atom. The van der Waals surface area contributed by atoms with Crippen molar-refractivity contribution >= 4 is 35.2 Å². The molecule has 0 radical (unpaired) electrons. The van der Waals surface area contributed by atoms with Gasteiger partial charge in [-0.05, 0) is 49.4 Å². The third kappa shape index (κ3) is 6.48. The van der Waals surface area contributed by atoms with Crippen molar-refractivity contribution in [3.63, 3.8) is 0 Å². The number of anilines is 1. The number of aromatic nitrogens is 1. The van der Waals surface area contributed by atoms with Crippen LogP contribution in [0.25, 0.3) is 0 Å². The molecule has 2 heterocycles. The molecule has 1 aliphatic heterocycles. The fourth-order valence-corrected chi connectivity index (χ4v) is 4.25. The smallest absolute Gasteiger partial charge is 0.339 e. The van der Waals surface area contributed by atoms with Gasteiger partial charge in [-0.25, -0.2) is 14.2 Å². The highest BCUT2D eigenvalue weighted by Crippen LogP contribution is 2.24. The first-order chi connectivity index (χ1) is 16.6. The lowest BCUT2D eigenvalue weighted by molar-refractivity contribution is 0.0664. The molecule has 0 bridgehead atoms. The lowest BCUT2D eigenvalue weighted by Gasteiger charge is -2.36. The van der Waals surface area contributed by atoms with Gasteiger partial charge in [0.15, 0.2) is 0 Å². The zero-order valence-electron chi connectivity index (χ0n) is 20.1.